The van der Waals surface area contributed by atoms with Crippen LogP contribution in [-0.4, -0.2) is 36.7 Å². The van der Waals surface area contributed by atoms with Gasteiger partial charge in [-0.05, 0) is 46.2 Å². The minimum Gasteiger partial charge on any atom is -0.376 e. The molecule has 0 aromatic rings. The van der Waals surface area contributed by atoms with Crippen molar-refractivity contribution in [3.05, 3.63) is 0 Å². The maximum absolute atomic E-state index is 5.84. The van der Waals surface area contributed by atoms with E-state index < -0.39 is 0 Å². The maximum Gasteiger partial charge on any atom is 0.0591 e. The molecule has 0 bridgehead atoms. The van der Waals surface area contributed by atoms with Crippen molar-refractivity contribution in [2.24, 2.45) is 0 Å². The molecular weight excluding hydrogens is 162 g/mol. The molecule has 1 aliphatic rings. The second-order valence-corrected chi connectivity index (χ2v) is 4.17. The average Bonchev–Trinajstić information content (AvgIpc) is 2.29. The first kappa shape index (κ1) is 11.0. The van der Waals surface area contributed by atoms with E-state index >= 15 is 0 Å². The van der Waals surface area contributed by atoms with Crippen LogP contribution in [0.2, 0.25) is 0 Å². The summed E-state index contributed by atoms with van der Waals surface area (Å²) in [7, 11) is 0. The van der Waals surface area contributed by atoms with Crippen LogP contribution in [0.15, 0.2) is 0 Å². The van der Waals surface area contributed by atoms with Crippen LogP contribution < -0.4 is 0 Å². The summed E-state index contributed by atoms with van der Waals surface area (Å²) in [6.45, 7) is 10.2. The molecule has 1 aliphatic heterocycles. The predicted octanol–water partition coefficient (Wildman–Crippen LogP) is 2.29. The topological polar surface area (TPSA) is 12.5 Å². The lowest BCUT2D eigenvalue weighted by molar-refractivity contribution is 0.000464. The summed E-state index contributed by atoms with van der Waals surface area (Å²) in [5.41, 5.74) is 0. The van der Waals surface area contributed by atoms with Crippen molar-refractivity contribution in [3.63, 3.8) is 0 Å². The molecule has 2 nitrogen and oxygen atoms in total. The Bertz CT molecular complexity index is 136. The second kappa shape index (κ2) is 5.61. The molecule has 0 radical (unpaired) electrons. The van der Waals surface area contributed by atoms with Crippen LogP contribution in [0.3, 0.4) is 0 Å². The van der Waals surface area contributed by atoms with E-state index in [0.717, 1.165) is 0 Å². The monoisotopic (exact) mass is 185 g/mol. The Morgan fingerprint density at radius 1 is 1.31 bits per heavy atom. The molecular formula is C11H23NO. The third-order valence-corrected chi connectivity index (χ3v) is 2.68. The lowest BCUT2D eigenvalue weighted by Gasteiger charge is -2.19. The van der Waals surface area contributed by atoms with Crippen molar-refractivity contribution >= 4 is 0 Å². The highest BCUT2D eigenvalue weighted by Crippen LogP contribution is 2.15. The van der Waals surface area contributed by atoms with Gasteiger partial charge in [0.05, 0.1) is 12.2 Å². The van der Waals surface area contributed by atoms with Gasteiger partial charge in [0, 0.05) is 6.54 Å². The Hall–Kier alpha value is -0.0800. The SMILES string of the molecule is CCN1CCCC(OC(C)C)CC1. The first-order valence-corrected chi connectivity index (χ1v) is 5.60. The molecule has 0 aromatic heterocycles. The zero-order valence-electron chi connectivity index (χ0n) is 9.25. The molecule has 0 N–H and O–H groups in total. The highest BCUT2D eigenvalue weighted by atomic mass is 16.5. The van der Waals surface area contributed by atoms with Crippen molar-refractivity contribution in [2.75, 3.05) is 19.6 Å². The normalized spacial score (nSPS) is 26.3. The van der Waals surface area contributed by atoms with E-state index in [1.165, 1.54) is 38.9 Å². The van der Waals surface area contributed by atoms with Crippen molar-refractivity contribution in [1.29, 1.82) is 0 Å². The fourth-order valence-electron chi connectivity index (χ4n) is 1.96. The van der Waals surface area contributed by atoms with E-state index in [1.807, 2.05) is 0 Å². The molecule has 1 fully saturated rings. The molecule has 1 unspecified atom stereocenters. The summed E-state index contributed by atoms with van der Waals surface area (Å²) in [4.78, 5) is 2.52. The highest BCUT2D eigenvalue weighted by Gasteiger charge is 2.16. The lowest BCUT2D eigenvalue weighted by Crippen LogP contribution is -2.25. The number of nitrogens with zero attached hydrogens (tertiary/aromatic N) is 1. The van der Waals surface area contributed by atoms with Gasteiger partial charge in [0.1, 0.15) is 0 Å². The molecule has 0 aliphatic carbocycles. The zero-order valence-corrected chi connectivity index (χ0v) is 9.25. The minimum atomic E-state index is 0.387. The molecule has 2 heteroatoms. The molecule has 13 heavy (non-hydrogen) atoms. The average molecular weight is 185 g/mol. The first-order chi connectivity index (χ1) is 6.22. The molecule has 0 aromatic carbocycles. The Labute approximate surface area is 82.3 Å². The van der Waals surface area contributed by atoms with Crippen LogP contribution in [0.4, 0.5) is 0 Å². The predicted molar refractivity (Wildman–Crippen MR) is 56.0 cm³/mol. The molecule has 0 amide bonds. The van der Waals surface area contributed by atoms with Crippen molar-refractivity contribution in [2.45, 2.75) is 52.2 Å². The summed E-state index contributed by atoms with van der Waals surface area (Å²) in [6.07, 6.45) is 4.65. The number of hydrogen-bond donors (Lipinski definition) is 0. The van der Waals surface area contributed by atoms with Crippen LogP contribution in [0, 0.1) is 0 Å². The quantitative estimate of drug-likeness (QED) is 0.669. The van der Waals surface area contributed by atoms with E-state index in [2.05, 4.69) is 25.7 Å². The third kappa shape index (κ3) is 4.10. The molecule has 78 valence electrons. The molecule has 1 rings (SSSR count). The van der Waals surface area contributed by atoms with Gasteiger partial charge >= 0.3 is 0 Å². The van der Waals surface area contributed by atoms with Crippen LogP contribution in [0.25, 0.3) is 0 Å². The third-order valence-electron chi connectivity index (χ3n) is 2.68. The van der Waals surface area contributed by atoms with E-state index in [1.54, 1.807) is 0 Å². The van der Waals surface area contributed by atoms with Crippen LogP contribution in [0.1, 0.15) is 40.0 Å². The Morgan fingerprint density at radius 2 is 2.08 bits per heavy atom. The summed E-state index contributed by atoms with van der Waals surface area (Å²) >= 11 is 0. The van der Waals surface area contributed by atoms with Gasteiger partial charge < -0.3 is 9.64 Å². The smallest absolute Gasteiger partial charge is 0.0591 e. The van der Waals surface area contributed by atoms with Gasteiger partial charge in [-0.2, -0.15) is 0 Å². The number of rotatable bonds is 3. The Morgan fingerprint density at radius 3 is 2.69 bits per heavy atom. The summed E-state index contributed by atoms with van der Waals surface area (Å²) in [5, 5.41) is 0. The van der Waals surface area contributed by atoms with Gasteiger partial charge in [-0.3, -0.25) is 0 Å². The first-order valence-electron chi connectivity index (χ1n) is 5.60. The van der Waals surface area contributed by atoms with Gasteiger partial charge in [0.2, 0.25) is 0 Å². The van der Waals surface area contributed by atoms with Crippen molar-refractivity contribution < 1.29 is 4.74 Å². The van der Waals surface area contributed by atoms with Gasteiger partial charge in [0.25, 0.3) is 0 Å². The van der Waals surface area contributed by atoms with E-state index in [9.17, 15) is 0 Å². The molecule has 1 atom stereocenters. The van der Waals surface area contributed by atoms with E-state index in [4.69, 9.17) is 4.74 Å². The van der Waals surface area contributed by atoms with Gasteiger partial charge in [-0.1, -0.05) is 6.92 Å². The van der Waals surface area contributed by atoms with E-state index in [0.29, 0.717) is 12.2 Å². The summed E-state index contributed by atoms with van der Waals surface area (Å²) in [6, 6.07) is 0. The van der Waals surface area contributed by atoms with E-state index in [-0.39, 0.29) is 0 Å². The van der Waals surface area contributed by atoms with Crippen LogP contribution in [-0.2, 0) is 4.74 Å². The summed E-state index contributed by atoms with van der Waals surface area (Å²) < 4.78 is 5.84. The Balaban J connectivity index is 2.27. The van der Waals surface area contributed by atoms with Gasteiger partial charge in [0.15, 0.2) is 0 Å². The molecule has 0 saturated carbocycles. The second-order valence-electron chi connectivity index (χ2n) is 4.17. The lowest BCUT2D eigenvalue weighted by atomic mass is 10.1. The zero-order chi connectivity index (χ0) is 9.68. The fourth-order valence-corrected chi connectivity index (χ4v) is 1.96. The molecule has 1 heterocycles. The number of hydrogen-bond acceptors (Lipinski definition) is 2. The van der Waals surface area contributed by atoms with Crippen LogP contribution >= 0.6 is 0 Å². The molecule has 1 saturated heterocycles. The number of likely N-dealkylation sites (tertiary alicyclic amines) is 1. The summed E-state index contributed by atoms with van der Waals surface area (Å²) in [5.74, 6) is 0. The van der Waals surface area contributed by atoms with Gasteiger partial charge in [-0.25, -0.2) is 0 Å². The molecule has 0 spiro atoms. The van der Waals surface area contributed by atoms with Gasteiger partial charge in [-0.15, -0.1) is 0 Å². The number of ether oxygens (including phenoxy) is 1. The standard InChI is InChI=1S/C11H23NO/c1-4-12-8-5-6-11(7-9-12)13-10(2)3/h10-11H,4-9H2,1-3H3. The highest BCUT2D eigenvalue weighted by molar-refractivity contribution is 4.69. The van der Waals surface area contributed by atoms with Crippen molar-refractivity contribution in [1.82, 2.24) is 4.90 Å². The largest absolute Gasteiger partial charge is 0.376 e. The van der Waals surface area contributed by atoms with Crippen LogP contribution in [0.5, 0.6) is 0 Å². The van der Waals surface area contributed by atoms with Crippen molar-refractivity contribution in [3.8, 4) is 0 Å². The maximum atomic E-state index is 5.84. The Kier molecular flexibility index (Phi) is 4.74. The minimum absolute atomic E-state index is 0.387. The fraction of sp³-hybridized carbons (Fsp3) is 1.00.